The molecule has 0 aliphatic rings. The second-order valence-corrected chi connectivity index (χ2v) is 4.40. The predicted octanol–water partition coefficient (Wildman–Crippen LogP) is 0.796. The standard InChI is InChI=1S/C13H19N5O/c1-3-18-9-10(14)8-11(18)13(19)16-5-4-12-15-6-7-17(12)2/h6-9H,3-5,14H2,1-2H3,(H,16,19). The van der Waals surface area contributed by atoms with E-state index in [0.717, 1.165) is 12.4 Å². The molecule has 0 unspecified atom stereocenters. The Kier molecular flexibility index (Phi) is 3.89. The average molecular weight is 261 g/mol. The second-order valence-electron chi connectivity index (χ2n) is 4.40. The molecule has 0 bridgehead atoms. The van der Waals surface area contributed by atoms with Crippen molar-refractivity contribution in [2.75, 3.05) is 12.3 Å². The van der Waals surface area contributed by atoms with Crippen LogP contribution in [0.2, 0.25) is 0 Å². The Morgan fingerprint density at radius 2 is 2.32 bits per heavy atom. The highest BCUT2D eigenvalue weighted by molar-refractivity contribution is 5.93. The highest BCUT2D eigenvalue weighted by Crippen LogP contribution is 2.10. The number of nitrogens with one attached hydrogen (secondary N) is 1. The number of aryl methyl sites for hydroxylation is 2. The molecular weight excluding hydrogens is 242 g/mol. The molecule has 19 heavy (non-hydrogen) atoms. The van der Waals surface area contributed by atoms with Gasteiger partial charge in [-0.05, 0) is 13.0 Å². The average Bonchev–Trinajstić information content (AvgIpc) is 2.95. The Hall–Kier alpha value is -2.24. The van der Waals surface area contributed by atoms with Gasteiger partial charge in [0.05, 0.1) is 5.69 Å². The van der Waals surface area contributed by atoms with Gasteiger partial charge < -0.3 is 20.2 Å². The number of rotatable bonds is 5. The largest absolute Gasteiger partial charge is 0.397 e. The van der Waals surface area contributed by atoms with Crippen molar-refractivity contribution in [3.8, 4) is 0 Å². The number of nitrogen functional groups attached to an aromatic ring is 1. The fourth-order valence-corrected chi connectivity index (χ4v) is 2.00. The topological polar surface area (TPSA) is 77.9 Å². The Bertz CT molecular complexity index is 569. The minimum atomic E-state index is -0.104. The lowest BCUT2D eigenvalue weighted by Crippen LogP contribution is -2.28. The Morgan fingerprint density at radius 3 is 2.95 bits per heavy atom. The van der Waals surface area contributed by atoms with Crippen molar-refractivity contribution >= 4 is 11.6 Å². The number of carbonyl (C=O) groups is 1. The van der Waals surface area contributed by atoms with Crippen LogP contribution in [0.25, 0.3) is 0 Å². The van der Waals surface area contributed by atoms with E-state index in [0.29, 0.717) is 24.3 Å². The number of aromatic nitrogens is 3. The summed E-state index contributed by atoms with van der Waals surface area (Å²) in [6.07, 6.45) is 6.12. The van der Waals surface area contributed by atoms with Gasteiger partial charge in [-0.2, -0.15) is 0 Å². The summed E-state index contributed by atoms with van der Waals surface area (Å²) >= 11 is 0. The number of imidazole rings is 1. The molecule has 3 N–H and O–H groups in total. The quantitative estimate of drug-likeness (QED) is 0.835. The summed E-state index contributed by atoms with van der Waals surface area (Å²) < 4.78 is 3.78. The van der Waals surface area contributed by atoms with E-state index < -0.39 is 0 Å². The lowest BCUT2D eigenvalue weighted by atomic mass is 10.3. The van der Waals surface area contributed by atoms with Crippen LogP contribution in [-0.2, 0) is 20.0 Å². The summed E-state index contributed by atoms with van der Waals surface area (Å²) in [5, 5.41) is 2.88. The molecule has 2 aromatic heterocycles. The number of hydrogen-bond acceptors (Lipinski definition) is 3. The van der Waals surface area contributed by atoms with Crippen LogP contribution in [0.15, 0.2) is 24.7 Å². The van der Waals surface area contributed by atoms with Crippen LogP contribution < -0.4 is 11.1 Å². The first kappa shape index (κ1) is 13.2. The minimum absolute atomic E-state index is 0.104. The number of carbonyl (C=O) groups excluding carboxylic acids is 1. The second kappa shape index (κ2) is 5.60. The minimum Gasteiger partial charge on any atom is -0.397 e. The Labute approximate surface area is 112 Å². The zero-order valence-corrected chi connectivity index (χ0v) is 11.3. The van der Waals surface area contributed by atoms with Crippen molar-refractivity contribution in [1.29, 1.82) is 0 Å². The summed E-state index contributed by atoms with van der Waals surface area (Å²) in [7, 11) is 1.94. The number of anilines is 1. The van der Waals surface area contributed by atoms with Crippen LogP contribution in [0.4, 0.5) is 5.69 Å². The van der Waals surface area contributed by atoms with Gasteiger partial charge in [0.1, 0.15) is 11.5 Å². The van der Waals surface area contributed by atoms with E-state index in [9.17, 15) is 4.79 Å². The molecule has 0 saturated carbocycles. The first-order valence-electron chi connectivity index (χ1n) is 6.32. The van der Waals surface area contributed by atoms with Gasteiger partial charge in [-0.25, -0.2) is 4.98 Å². The van der Waals surface area contributed by atoms with Crippen LogP contribution in [0.3, 0.4) is 0 Å². The molecule has 0 aromatic carbocycles. The van der Waals surface area contributed by atoms with Gasteiger partial charge in [0.2, 0.25) is 0 Å². The third-order valence-electron chi connectivity index (χ3n) is 3.05. The van der Waals surface area contributed by atoms with Crippen LogP contribution in [0.5, 0.6) is 0 Å². The normalized spacial score (nSPS) is 10.6. The molecule has 6 heteroatoms. The summed E-state index contributed by atoms with van der Waals surface area (Å²) in [6.45, 7) is 3.25. The van der Waals surface area contributed by atoms with Crippen molar-refractivity contribution in [3.05, 3.63) is 36.2 Å². The molecule has 0 atom stereocenters. The van der Waals surface area contributed by atoms with E-state index in [1.165, 1.54) is 0 Å². The number of nitrogens with zero attached hydrogens (tertiary/aromatic N) is 3. The molecule has 0 aliphatic carbocycles. The van der Waals surface area contributed by atoms with E-state index in [1.807, 2.05) is 29.3 Å². The first-order valence-corrected chi connectivity index (χ1v) is 6.32. The molecule has 102 valence electrons. The van der Waals surface area contributed by atoms with Crippen LogP contribution in [0.1, 0.15) is 23.2 Å². The number of nitrogens with two attached hydrogens (primary N) is 1. The van der Waals surface area contributed by atoms with E-state index >= 15 is 0 Å². The Balaban J connectivity index is 1.92. The molecule has 2 aromatic rings. The van der Waals surface area contributed by atoms with Crippen molar-refractivity contribution in [3.63, 3.8) is 0 Å². The van der Waals surface area contributed by atoms with Crippen molar-refractivity contribution in [2.24, 2.45) is 7.05 Å². The first-order chi connectivity index (χ1) is 9.11. The van der Waals surface area contributed by atoms with Gasteiger partial charge in [0.15, 0.2) is 0 Å². The third kappa shape index (κ3) is 2.96. The molecule has 0 radical (unpaired) electrons. The van der Waals surface area contributed by atoms with E-state index in [-0.39, 0.29) is 5.91 Å². The van der Waals surface area contributed by atoms with Crippen LogP contribution in [-0.4, -0.2) is 26.6 Å². The fraction of sp³-hybridized carbons (Fsp3) is 0.385. The molecule has 0 fully saturated rings. The lowest BCUT2D eigenvalue weighted by molar-refractivity contribution is 0.0945. The lowest BCUT2D eigenvalue weighted by Gasteiger charge is -2.07. The molecule has 0 aliphatic heterocycles. The van der Waals surface area contributed by atoms with Gasteiger partial charge in [0, 0.05) is 45.1 Å². The van der Waals surface area contributed by atoms with Gasteiger partial charge in [-0.15, -0.1) is 0 Å². The fourth-order valence-electron chi connectivity index (χ4n) is 2.00. The molecule has 2 heterocycles. The Morgan fingerprint density at radius 1 is 1.53 bits per heavy atom. The maximum Gasteiger partial charge on any atom is 0.267 e. The van der Waals surface area contributed by atoms with E-state index in [2.05, 4.69) is 10.3 Å². The molecule has 2 rings (SSSR count). The predicted molar refractivity (Wildman–Crippen MR) is 73.8 cm³/mol. The van der Waals surface area contributed by atoms with Gasteiger partial charge in [-0.3, -0.25) is 4.79 Å². The van der Waals surface area contributed by atoms with Crippen molar-refractivity contribution in [1.82, 2.24) is 19.4 Å². The maximum atomic E-state index is 12.0. The van der Waals surface area contributed by atoms with Crippen LogP contribution in [0, 0.1) is 0 Å². The van der Waals surface area contributed by atoms with Gasteiger partial charge in [-0.1, -0.05) is 0 Å². The van der Waals surface area contributed by atoms with Gasteiger partial charge >= 0.3 is 0 Å². The summed E-state index contributed by atoms with van der Waals surface area (Å²) in [4.78, 5) is 16.2. The molecule has 6 nitrogen and oxygen atoms in total. The maximum absolute atomic E-state index is 12.0. The number of amides is 1. The van der Waals surface area contributed by atoms with Crippen molar-refractivity contribution in [2.45, 2.75) is 19.9 Å². The zero-order valence-electron chi connectivity index (χ0n) is 11.3. The zero-order chi connectivity index (χ0) is 13.8. The van der Waals surface area contributed by atoms with E-state index in [1.54, 1.807) is 18.5 Å². The van der Waals surface area contributed by atoms with E-state index in [4.69, 9.17) is 5.73 Å². The smallest absolute Gasteiger partial charge is 0.267 e. The van der Waals surface area contributed by atoms with Gasteiger partial charge in [0.25, 0.3) is 5.91 Å². The molecular formula is C13H19N5O. The van der Waals surface area contributed by atoms with Crippen molar-refractivity contribution < 1.29 is 4.79 Å². The van der Waals surface area contributed by atoms with Crippen LogP contribution >= 0.6 is 0 Å². The highest BCUT2D eigenvalue weighted by Gasteiger charge is 2.11. The molecule has 0 saturated heterocycles. The number of hydrogen-bond donors (Lipinski definition) is 2. The monoisotopic (exact) mass is 261 g/mol. The molecule has 0 spiro atoms. The summed E-state index contributed by atoms with van der Waals surface area (Å²) in [5.74, 6) is 0.846. The molecule has 1 amide bonds. The summed E-state index contributed by atoms with van der Waals surface area (Å²) in [5.41, 5.74) is 6.91. The SMILES string of the molecule is CCn1cc(N)cc1C(=O)NCCc1nccn1C. The third-order valence-corrected chi connectivity index (χ3v) is 3.05. The highest BCUT2D eigenvalue weighted by atomic mass is 16.1. The summed E-state index contributed by atoms with van der Waals surface area (Å²) in [6, 6.07) is 1.69.